The van der Waals surface area contributed by atoms with Crippen LogP contribution >= 0.6 is 0 Å². The molecule has 1 fully saturated rings. The molecule has 1 aliphatic rings. The van der Waals surface area contributed by atoms with E-state index in [0.29, 0.717) is 56.9 Å². The van der Waals surface area contributed by atoms with Gasteiger partial charge in [-0.2, -0.15) is 0 Å². The first kappa shape index (κ1) is 26.1. The van der Waals surface area contributed by atoms with Gasteiger partial charge in [0.1, 0.15) is 0 Å². The minimum absolute atomic E-state index is 0.00286. The molecule has 0 saturated carbocycles. The number of ether oxygens (including phenoxy) is 2. The number of methoxy groups -OCH3 is 1. The zero-order valence-corrected chi connectivity index (χ0v) is 20.5. The second kappa shape index (κ2) is 13.4. The molecule has 8 nitrogen and oxygen atoms in total. The lowest BCUT2D eigenvalue weighted by molar-refractivity contribution is -0.135. The Bertz CT molecular complexity index is 988. The molecule has 2 N–H and O–H groups in total. The summed E-state index contributed by atoms with van der Waals surface area (Å²) < 4.78 is 10.9. The Labute approximate surface area is 207 Å². The molecule has 1 aliphatic heterocycles. The predicted octanol–water partition coefficient (Wildman–Crippen LogP) is 2.70. The van der Waals surface area contributed by atoms with E-state index in [2.05, 4.69) is 10.6 Å². The molecule has 0 bridgehead atoms. The Morgan fingerprint density at radius 1 is 0.971 bits per heavy atom. The summed E-state index contributed by atoms with van der Waals surface area (Å²) in [5.41, 5.74) is 2.03. The number of amides is 3. The first-order chi connectivity index (χ1) is 17.0. The lowest BCUT2D eigenvalue weighted by Crippen LogP contribution is -2.43. The Morgan fingerprint density at radius 2 is 1.71 bits per heavy atom. The van der Waals surface area contributed by atoms with Crippen LogP contribution in [0.25, 0.3) is 0 Å². The van der Waals surface area contributed by atoms with Crippen molar-refractivity contribution in [2.45, 2.75) is 39.2 Å². The van der Waals surface area contributed by atoms with Gasteiger partial charge in [0.25, 0.3) is 5.91 Å². The van der Waals surface area contributed by atoms with Gasteiger partial charge in [-0.25, -0.2) is 0 Å². The SMILES string of the molecule is CCNC(=O)COc1ccc(CNC(=O)C2CCN(C(=O)CCc3ccccc3)CC2)cc1OC. The molecule has 0 unspecified atom stereocenters. The third-order valence-corrected chi connectivity index (χ3v) is 6.12. The van der Waals surface area contributed by atoms with E-state index in [1.54, 1.807) is 12.1 Å². The molecule has 0 aliphatic carbocycles. The minimum Gasteiger partial charge on any atom is -0.493 e. The van der Waals surface area contributed by atoms with Gasteiger partial charge in [0, 0.05) is 38.5 Å². The summed E-state index contributed by atoms with van der Waals surface area (Å²) in [4.78, 5) is 38.7. The van der Waals surface area contributed by atoms with Crippen LogP contribution in [-0.4, -0.2) is 56.0 Å². The van der Waals surface area contributed by atoms with E-state index in [4.69, 9.17) is 9.47 Å². The number of benzene rings is 2. The lowest BCUT2D eigenvalue weighted by atomic mass is 9.95. The number of hydrogen-bond donors (Lipinski definition) is 2. The zero-order chi connectivity index (χ0) is 25.0. The van der Waals surface area contributed by atoms with Gasteiger partial charge < -0.3 is 25.0 Å². The number of rotatable bonds is 11. The molecule has 1 heterocycles. The first-order valence-corrected chi connectivity index (χ1v) is 12.2. The molecule has 2 aromatic carbocycles. The van der Waals surface area contributed by atoms with Crippen LogP contribution in [0, 0.1) is 5.92 Å². The fourth-order valence-electron chi connectivity index (χ4n) is 4.11. The zero-order valence-electron chi connectivity index (χ0n) is 20.5. The van der Waals surface area contributed by atoms with Crippen LogP contribution in [-0.2, 0) is 27.3 Å². The van der Waals surface area contributed by atoms with Crippen LogP contribution in [0.2, 0.25) is 0 Å². The average Bonchev–Trinajstić information content (AvgIpc) is 2.90. The third kappa shape index (κ3) is 8.02. The van der Waals surface area contributed by atoms with E-state index >= 15 is 0 Å². The van der Waals surface area contributed by atoms with Crippen LogP contribution in [0.4, 0.5) is 0 Å². The fraction of sp³-hybridized carbons (Fsp3) is 0.444. The fourth-order valence-corrected chi connectivity index (χ4v) is 4.11. The minimum atomic E-state index is -0.199. The van der Waals surface area contributed by atoms with E-state index in [1.165, 1.54) is 7.11 Å². The van der Waals surface area contributed by atoms with Crippen LogP contribution in [0.1, 0.15) is 37.3 Å². The highest BCUT2D eigenvalue weighted by Gasteiger charge is 2.27. The van der Waals surface area contributed by atoms with Crippen molar-refractivity contribution >= 4 is 17.7 Å². The van der Waals surface area contributed by atoms with Crippen molar-refractivity contribution in [1.29, 1.82) is 0 Å². The molecule has 3 amide bonds. The summed E-state index contributed by atoms with van der Waals surface area (Å²) >= 11 is 0. The van der Waals surface area contributed by atoms with Crippen molar-refractivity contribution in [3.05, 3.63) is 59.7 Å². The number of hydrogen-bond acceptors (Lipinski definition) is 5. The number of carbonyl (C=O) groups is 3. The molecule has 2 aromatic rings. The molecule has 188 valence electrons. The highest BCUT2D eigenvalue weighted by molar-refractivity contribution is 5.80. The number of likely N-dealkylation sites (N-methyl/N-ethyl adjacent to an activating group) is 1. The Kier molecular flexibility index (Phi) is 9.95. The monoisotopic (exact) mass is 481 g/mol. The maximum atomic E-state index is 12.7. The first-order valence-electron chi connectivity index (χ1n) is 12.2. The van der Waals surface area contributed by atoms with Crippen molar-refractivity contribution < 1.29 is 23.9 Å². The van der Waals surface area contributed by atoms with Crippen molar-refractivity contribution in [1.82, 2.24) is 15.5 Å². The van der Waals surface area contributed by atoms with Gasteiger partial charge in [-0.15, -0.1) is 0 Å². The molecule has 1 saturated heterocycles. The topological polar surface area (TPSA) is 97.0 Å². The highest BCUT2D eigenvalue weighted by Crippen LogP contribution is 2.28. The summed E-state index contributed by atoms with van der Waals surface area (Å²) in [5.74, 6) is 0.817. The number of likely N-dealkylation sites (tertiary alicyclic amines) is 1. The van der Waals surface area contributed by atoms with Crippen LogP contribution in [0.15, 0.2) is 48.5 Å². The highest BCUT2D eigenvalue weighted by atomic mass is 16.5. The van der Waals surface area contributed by atoms with Crippen LogP contribution < -0.4 is 20.1 Å². The van der Waals surface area contributed by atoms with Gasteiger partial charge in [-0.05, 0) is 49.4 Å². The molecule has 0 aromatic heterocycles. The lowest BCUT2D eigenvalue weighted by Gasteiger charge is -2.31. The average molecular weight is 482 g/mol. The predicted molar refractivity (Wildman–Crippen MR) is 133 cm³/mol. The second-order valence-electron chi connectivity index (χ2n) is 8.59. The summed E-state index contributed by atoms with van der Waals surface area (Å²) in [6.45, 7) is 3.88. The number of nitrogens with zero attached hydrogens (tertiary/aromatic N) is 1. The number of carbonyl (C=O) groups excluding carboxylic acids is 3. The van der Waals surface area contributed by atoms with Gasteiger partial charge in [0.2, 0.25) is 11.8 Å². The molecule has 35 heavy (non-hydrogen) atoms. The molecule has 0 radical (unpaired) electrons. The van der Waals surface area contributed by atoms with Crippen molar-refractivity contribution in [2.75, 3.05) is 33.4 Å². The van der Waals surface area contributed by atoms with Gasteiger partial charge in [0.05, 0.1) is 7.11 Å². The van der Waals surface area contributed by atoms with E-state index in [-0.39, 0.29) is 30.2 Å². The van der Waals surface area contributed by atoms with Crippen molar-refractivity contribution in [2.24, 2.45) is 5.92 Å². The van der Waals surface area contributed by atoms with E-state index < -0.39 is 0 Å². The summed E-state index contributed by atoms with van der Waals surface area (Å²) in [5, 5.41) is 5.67. The Balaban J connectivity index is 1.42. The third-order valence-electron chi connectivity index (χ3n) is 6.12. The van der Waals surface area contributed by atoms with Gasteiger partial charge in [-0.3, -0.25) is 14.4 Å². The van der Waals surface area contributed by atoms with E-state index in [1.807, 2.05) is 48.2 Å². The number of aryl methyl sites for hydroxylation is 1. The molecule has 3 rings (SSSR count). The van der Waals surface area contributed by atoms with Crippen molar-refractivity contribution in [3.8, 4) is 11.5 Å². The van der Waals surface area contributed by atoms with Crippen LogP contribution in [0.5, 0.6) is 11.5 Å². The normalized spacial score (nSPS) is 13.7. The van der Waals surface area contributed by atoms with E-state index in [9.17, 15) is 14.4 Å². The number of nitrogens with one attached hydrogen (secondary N) is 2. The Hall–Kier alpha value is -3.55. The molecule has 8 heteroatoms. The van der Waals surface area contributed by atoms with Gasteiger partial charge >= 0.3 is 0 Å². The standard InChI is InChI=1S/C27H35N3O5/c1-3-28-25(31)19-35-23-11-9-21(17-24(23)34-2)18-29-27(33)22-13-15-30(16-14-22)26(32)12-10-20-7-5-4-6-8-20/h4-9,11,17,22H,3,10,12-16,18-19H2,1-2H3,(H,28,31)(H,29,33). The largest absolute Gasteiger partial charge is 0.493 e. The molecule has 0 spiro atoms. The van der Waals surface area contributed by atoms with Gasteiger partial charge in [-0.1, -0.05) is 36.4 Å². The summed E-state index contributed by atoms with van der Waals surface area (Å²) in [6, 6.07) is 15.4. The summed E-state index contributed by atoms with van der Waals surface area (Å²) in [7, 11) is 1.53. The smallest absolute Gasteiger partial charge is 0.257 e. The molecular weight excluding hydrogens is 446 g/mol. The second-order valence-corrected chi connectivity index (χ2v) is 8.59. The quantitative estimate of drug-likeness (QED) is 0.514. The maximum absolute atomic E-state index is 12.7. The Morgan fingerprint density at radius 3 is 2.40 bits per heavy atom. The number of piperidine rings is 1. The van der Waals surface area contributed by atoms with Gasteiger partial charge in [0.15, 0.2) is 18.1 Å². The van der Waals surface area contributed by atoms with Crippen LogP contribution in [0.3, 0.4) is 0 Å². The molecule has 0 atom stereocenters. The summed E-state index contributed by atoms with van der Waals surface area (Å²) in [6.07, 6.45) is 2.56. The van der Waals surface area contributed by atoms with Crippen molar-refractivity contribution in [3.63, 3.8) is 0 Å². The maximum Gasteiger partial charge on any atom is 0.257 e. The molecular formula is C27H35N3O5. The van der Waals surface area contributed by atoms with E-state index in [0.717, 1.165) is 17.5 Å².